The highest BCUT2D eigenvalue weighted by Crippen LogP contribution is 2.15. The van der Waals surface area contributed by atoms with Gasteiger partial charge < -0.3 is 20.3 Å². The molecule has 2 heterocycles. The van der Waals surface area contributed by atoms with Gasteiger partial charge in [0.1, 0.15) is 5.60 Å². The van der Waals surface area contributed by atoms with Crippen LogP contribution in [0.5, 0.6) is 0 Å². The number of amides is 1. The largest absolute Gasteiger partial charge is 0.444 e. The molecule has 0 spiro atoms. The lowest BCUT2D eigenvalue weighted by atomic mass is 10.1. The van der Waals surface area contributed by atoms with Crippen LogP contribution in [0.25, 0.3) is 0 Å². The number of hydrogen-bond donors (Lipinski definition) is 2. The molecule has 0 aromatic carbocycles. The van der Waals surface area contributed by atoms with Gasteiger partial charge in [0.05, 0.1) is 12.2 Å². The van der Waals surface area contributed by atoms with Crippen molar-refractivity contribution in [2.75, 3.05) is 26.2 Å². The summed E-state index contributed by atoms with van der Waals surface area (Å²) >= 11 is 0. The van der Waals surface area contributed by atoms with E-state index in [0.717, 1.165) is 18.9 Å². The first-order chi connectivity index (χ1) is 11.8. The van der Waals surface area contributed by atoms with Crippen molar-refractivity contribution < 1.29 is 9.53 Å². The first-order valence-electron chi connectivity index (χ1n) is 8.77. The van der Waals surface area contributed by atoms with Gasteiger partial charge in [0, 0.05) is 39.4 Å². The highest BCUT2D eigenvalue weighted by Gasteiger charge is 2.34. The molecule has 2 rings (SSSR count). The maximum Gasteiger partial charge on any atom is 0.410 e. The lowest BCUT2D eigenvalue weighted by Crippen LogP contribution is -2.63. The first-order valence-corrected chi connectivity index (χ1v) is 8.77. The fraction of sp³-hybridized carbons (Fsp3) is 0.706. The van der Waals surface area contributed by atoms with Crippen molar-refractivity contribution in [1.82, 2.24) is 25.3 Å². The van der Waals surface area contributed by atoms with Crippen LogP contribution >= 0.6 is 0 Å². The number of rotatable bonds is 5. The van der Waals surface area contributed by atoms with Crippen molar-refractivity contribution in [3.63, 3.8) is 0 Å². The SMILES string of the molecule is CCNC(=NCCc1cnn(C)c1)NC1CN(C(=O)OC(C)(C)C)C1. The van der Waals surface area contributed by atoms with Gasteiger partial charge >= 0.3 is 6.09 Å². The number of nitrogens with zero attached hydrogens (tertiary/aromatic N) is 4. The highest BCUT2D eigenvalue weighted by molar-refractivity contribution is 5.80. The maximum absolute atomic E-state index is 12.0. The number of aliphatic imine (C=N–C) groups is 1. The van der Waals surface area contributed by atoms with Gasteiger partial charge in [0.25, 0.3) is 0 Å². The van der Waals surface area contributed by atoms with Crippen molar-refractivity contribution in [3.05, 3.63) is 18.0 Å². The topological polar surface area (TPSA) is 83.8 Å². The second kappa shape index (κ2) is 8.22. The van der Waals surface area contributed by atoms with E-state index < -0.39 is 5.60 Å². The monoisotopic (exact) mass is 350 g/mol. The molecule has 1 fully saturated rings. The minimum absolute atomic E-state index is 0.198. The zero-order valence-electron chi connectivity index (χ0n) is 15.9. The molecule has 0 aliphatic carbocycles. The predicted octanol–water partition coefficient (Wildman–Crippen LogP) is 1.14. The third-order valence-corrected chi connectivity index (χ3v) is 3.65. The second-order valence-corrected chi connectivity index (χ2v) is 7.26. The standard InChI is InChI=1S/C17H30N6O2/c1-6-18-15(19-8-7-13-9-20-22(5)10-13)21-14-11-23(12-14)16(24)25-17(2,3)4/h9-10,14H,6-8,11-12H2,1-5H3,(H2,18,19,21). The van der Waals surface area contributed by atoms with Crippen LogP contribution in [0, 0.1) is 0 Å². The Bertz CT molecular complexity index is 599. The molecule has 0 radical (unpaired) electrons. The summed E-state index contributed by atoms with van der Waals surface area (Å²) in [4.78, 5) is 18.2. The molecule has 8 heteroatoms. The lowest BCUT2D eigenvalue weighted by Gasteiger charge is -2.40. The molecule has 1 aliphatic rings. The Labute approximate surface area is 149 Å². The Morgan fingerprint density at radius 1 is 1.44 bits per heavy atom. The Kier molecular flexibility index (Phi) is 6.27. The predicted molar refractivity (Wildman–Crippen MR) is 97.6 cm³/mol. The van der Waals surface area contributed by atoms with Crippen molar-refractivity contribution in [1.29, 1.82) is 0 Å². The molecular weight excluding hydrogens is 320 g/mol. The molecule has 0 atom stereocenters. The highest BCUT2D eigenvalue weighted by atomic mass is 16.6. The van der Waals surface area contributed by atoms with Crippen LogP contribution in [0.3, 0.4) is 0 Å². The van der Waals surface area contributed by atoms with Gasteiger partial charge in [-0.05, 0) is 39.7 Å². The quantitative estimate of drug-likeness (QED) is 0.614. The summed E-state index contributed by atoms with van der Waals surface area (Å²) in [6.45, 7) is 10.4. The zero-order valence-corrected chi connectivity index (χ0v) is 15.9. The second-order valence-electron chi connectivity index (χ2n) is 7.26. The van der Waals surface area contributed by atoms with E-state index in [1.165, 1.54) is 5.56 Å². The summed E-state index contributed by atoms with van der Waals surface area (Å²) < 4.78 is 7.16. The van der Waals surface area contributed by atoms with E-state index in [1.807, 2.05) is 47.1 Å². The van der Waals surface area contributed by atoms with E-state index in [1.54, 1.807) is 9.58 Å². The van der Waals surface area contributed by atoms with Crippen LogP contribution in [-0.2, 0) is 18.2 Å². The van der Waals surface area contributed by atoms with Crippen LogP contribution in [-0.4, -0.2) is 64.6 Å². The Morgan fingerprint density at radius 3 is 2.72 bits per heavy atom. The number of carbonyl (C=O) groups is 1. The third-order valence-electron chi connectivity index (χ3n) is 3.65. The van der Waals surface area contributed by atoms with E-state index in [4.69, 9.17) is 4.74 Å². The van der Waals surface area contributed by atoms with E-state index in [0.29, 0.717) is 19.6 Å². The summed E-state index contributed by atoms with van der Waals surface area (Å²) in [6.07, 6.45) is 4.45. The smallest absolute Gasteiger partial charge is 0.410 e. The molecule has 0 saturated carbocycles. The maximum atomic E-state index is 12.0. The van der Waals surface area contributed by atoms with Gasteiger partial charge in [-0.1, -0.05) is 0 Å². The summed E-state index contributed by atoms with van der Waals surface area (Å²) in [7, 11) is 1.91. The minimum Gasteiger partial charge on any atom is -0.444 e. The summed E-state index contributed by atoms with van der Waals surface area (Å²) in [5.74, 6) is 0.778. The van der Waals surface area contributed by atoms with Crippen molar-refractivity contribution >= 4 is 12.1 Å². The number of likely N-dealkylation sites (tertiary alicyclic amines) is 1. The average molecular weight is 350 g/mol. The molecule has 1 aromatic heterocycles. The minimum atomic E-state index is -0.460. The van der Waals surface area contributed by atoms with Crippen molar-refractivity contribution in [2.24, 2.45) is 12.0 Å². The van der Waals surface area contributed by atoms with Gasteiger partial charge in [0.2, 0.25) is 0 Å². The molecule has 8 nitrogen and oxygen atoms in total. The van der Waals surface area contributed by atoms with Gasteiger partial charge in [-0.15, -0.1) is 0 Å². The number of carbonyl (C=O) groups excluding carboxylic acids is 1. The number of aryl methyl sites for hydroxylation is 1. The number of guanidine groups is 1. The fourth-order valence-corrected chi connectivity index (χ4v) is 2.46. The van der Waals surface area contributed by atoms with Crippen LogP contribution in [0.15, 0.2) is 17.4 Å². The summed E-state index contributed by atoms with van der Waals surface area (Å²) in [6, 6.07) is 0.198. The molecule has 140 valence electrons. The molecule has 25 heavy (non-hydrogen) atoms. The summed E-state index contributed by atoms with van der Waals surface area (Å²) in [5.41, 5.74) is 0.708. The van der Waals surface area contributed by atoms with Gasteiger partial charge in [-0.3, -0.25) is 9.67 Å². The average Bonchev–Trinajstić information content (AvgIpc) is 2.85. The van der Waals surface area contributed by atoms with Crippen LogP contribution in [0.4, 0.5) is 4.79 Å². The molecule has 0 unspecified atom stereocenters. The number of aromatic nitrogens is 2. The molecule has 1 amide bonds. The van der Waals surface area contributed by atoms with E-state index >= 15 is 0 Å². The number of nitrogens with one attached hydrogen (secondary N) is 2. The first kappa shape index (κ1) is 19.1. The van der Waals surface area contributed by atoms with Crippen molar-refractivity contribution in [2.45, 2.75) is 45.8 Å². The molecule has 1 aliphatic heterocycles. The molecular formula is C17H30N6O2. The molecule has 2 N–H and O–H groups in total. The number of ether oxygens (including phenoxy) is 1. The molecule has 1 aromatic rings. The van der Waals surface area contributed by atoms with E-state index in [9.17, 15) is 4.79 Å². The molecule has 0 bridgehead atoms. The normalized spacial score (nSPS) is 15.7. The van der Waals surface area contributed by atoms with E-state index in [2.05, 4.69) is 20.7 Å². The van der Waals surface area contributed by atoms with Gasteiger partial charge in [-0.25, -0.2) is 4.79 Å². The fourth-order valence-electron chi connectivity index (χ4n) is 2.46. The Morgan fingerprint density at radius 2 is 2.16 bits per heavy atom. The Balaban J connectivity index is 1.76. The third kappa shape index (κ3) is 6.28. The van der Waals surface area contributed by atoms with Crippen LogP contribution in [0.1, 0.15) is 33.3 Å². The lowest BCUT2D eigenvalue weighted by molar-refractivity contribution is 0.00701. The summed E-state index contributed by atoms with van der Waals surface area (Å²) in [5, 5.41) is 10.8. The van der Waals surface area contributed by atoms with Crippen molar-refractivity contribution in [3.8, 4) is 0 Å². The van der Waals surface area contributed by atoms with Gasteiger partial charge in [0.15, 0.2) is 5.96 Å². The van der Waals surface area contributed by atoms with Crippen LogP contribution in [0.2, 0.25) is 0 Å². The number of hydrogen-bond acceptors (Lipinski definition) is 4. The Hall–Kier alpha value is -2.25. The van der Waals surface area contributed by atoms with E-state index in [-0.39, 0.29) is 12.1 Å². The van der Waals surface area contributed by atoms with Gasteiger partial charge in [-0.2, -0.15) is 5.10 Å². The molecule has 1 saturated heterocycles. The zero-order chi connectivity index (χ0) is 18.4. The van der Waals surface area contributed by atoms with Crippen LogP contribution < -0.4 is 10.6 Å².